The van der Waals surface area contributed by atoms with E-state index >= 15 is 0 Å². The molecule has 0 saturated carbocycles. The van der Waals surface area contributed by atoms with Crippen molar-refractivity contribution in [2.45, 2.75) is 59.6 Å². The minimum absolute atomic E-state index is 0.106. The predicted octanol–water partition coefficient (Wildman–Crippen LogP) is 7.35. The normalized spacial score (nSPS) is 11.9. The van der Waals surface area contributed by atoms with Crippen molar-refractivity contribution < 1.29 is 28.2 Å². The smallest absolute Gasteiger partial charge is 0.303 e. The lowest BCUT2D eigenvalue weighted by atomic mass is 9.93. The largest absolute Gasteiger partial charge is 0.489 e. The van der Waals surface area contributed by atoms with Gasteiger partial charge in [0, 0.05) is 12.0 Å². The Labute approximate surface area is 226 Å². The Bertz CT molecular complexity index is 1280. The fourth-order valence-electron chi connectivity index (χ4n) is 4.37. The lowest BCUT2D eigenvalue weighted by Crippen LogP contribution is -2.30. The minimum atomic E-state index is -1.13. The van der Waals surface area contributed by atoms with Crippen LogP contribution in [0.5, 0.6) is 5.75 Å². The molecule has 38 heavy (non-hydrogen) atoms. The number of carbonyl (C=O) groups is 2. The number of benzene rings is 3. The molecule has 0 heterocycles. The van der Waals surface area contributed by atoms with Crippen LogP contribution in [-0.2, 0) is 17.8 Å². The maximum absolute atomic E-state index is 13.7. The molecule has 3 aromatic rings. The molecule has 3 aromatic carbocycles. The van der Waals surface area contributed by atoms with E-state index in [0.717, 1.165) is 22.8 Å². The van der Waals surface area contributed by atoms with E-state index < -0.39 is 17.6 Å². The molecule has 8 heteroatoms. The number of carboxylic acids is 1. The van der Waals surface area contributed by atoms with Crippen LogP contribution in [0.2, 0.25) is 5.02 Å². The molecule has 2 N–H and O–H groups in total. The van der Waals surface area contributed by atoms with E-state index in [2.05, 4.69) is 37.4 Å². The van der Waals surface area contributed by atoms with E-state index in [1.807, 2.05) is 13.8 Å². The van der Waals surface area contributed by atoms with Crippen molar-refractivity contribution in [2.75, 3.05) is 0 Å². The van der Waals surface area contributed by atoms with Crippen molar-refractivity contribution in [2.24, 2.45) is 5.92 Å². The zero-order valence-electron chi connectivity index (χ0n) is 21.9. The zero-order chi connectivity index (χ0) is 28.0. The van der Waals surface area contributed by atoms with Crippen LogP contribution in [0.3, 0.4) is 0 Å². The number of hydrogen-bond donors (Lipinski definition) is 2. The number of carboxylic acid groups (broad SMARTS) is 1. The minimum Gasteiger partial charge on any atom is -0.489 e. The molecule has 0 spiro atoms. The number of ether oxygens (including phenoxy) is 1. The monoisotopic (exact) mass is 543 g/mol. The molecule has 0 fully saturated rings. The first-order chi connectivity index (χ1) is 17.9. The van der Waals surface area contributed by atoms with Crippen LogP contribution >= 0.6 is 11.6 Å². The first kappa shape index (κ1) is 29.1. The molecule has 3 rings (SSSR count). The van der Waals surface area contributed by atoms with Crippen molar-refractivity contribution in [3.05, 3.63) is 98.6 Å². The highest BCUT2D eigenvalue weighted by Crippen LogP contribution is 2.27. The van der Waals surface area contributed by atoms with Crippen LogP contribution in [0.25, 0.3) is 0 Å². The van der Waals surface area contributed by atoms with E-state index in [0.29, 0.717) is 34.8 Å². The standard InChI is InChI=1S/C30H32ClF2NO4/c1-17(2)9-27(22-11-18(3)10-19(4)12-22)34-30(37)24-15-23(7-5-21(24)6-8-28(35)36)38-16-20-13-25(31)29(33)26(32)14-20/h5,7,10-15,17,27H,6,8-9,16H2,1-4H3,(H,34,37)(H,35,36). The van der Waals surface area contributed by atoms with Crippen molar-refractivity contribution in [1.29, 1.82) is 0 Å². The molecular weight excluding hydrogens is 512 g/mol. The Morgan fingerprint density at radius 3 is 2.32 bits per heavy atom. The molecular formula is C30H32ClF2NO4. The number of aliphatic carboxylic acids is 1. The number of halogens is 3. The third-order valence-electron chi connectivity index (χ3n) is 6.04. The van der Waals surface area contributed by atoms with Gasteiger partial charge in [0.2, 0.25) is 0 Å². The van der Waals surface area contributed by atoms with Gasteiger partial charge in [0.05, 0.1) is 11.1 Å². The Kier molecular flexibility index (Phi) is 9.86. The zero-order valence-corrected chi connectivity index (χ0v) is 22.7. The topological polar surface area (TPSA) is 75.6 Å². The Hall–Kier alpha value is -3.45. The second-order valence-electron chi connectivity index (χ2n) is 9.95. The van der Waals surface area contributed by atoms with Crippen LogP contribution in [0.4, 0.5) is 8.78 Å². The van der Waals surface area contributed by atoms with Gasteiger partial charge < -0.3 is 15.2 Å². The third kappa shape index (κ3) is 8.02. The van der Waals surface area contributed by atoms with E-state index in [4.69, 9.17) is 16.3 Å². The molecule has 1 atom stereocenters. The van der Waals surface area contributed by atoms with Crippen molar-refractivity contribution in [1.82, 2.24) is 5.32 Å². The van der Waals surface area contributed by atoms with Gasteiger partial charge in [-0.1, -0.05) is 60.8 Å². The predicted molar refractivity (Wildman–Crippen MR) is 144 cm³/mol. The van der Waals surface area contributed by atoms with Gasteiger partial charge in [-0.3, -0.25) is 9.59 Å². The molecule has 0 saturated heterocycles. The molecule has 0 aliphatic carbocycles. The van der Waals surface area contributed by atoms with Gasteiger partial charge >= 0.3 is 5.97 Å². The van der Waals surface area contributed by atoms with Crippen LogP contribution in [0, 0.1) is 31.4 Å². The fourth-order valence-corrected chi connectivity index (χ4v) is 4.60. The summed E-state index contributed by atoms with van der Waals surface area (Å²) in [5.41, 5.74) is 4.37. The number of hydrogen-bond acceptors (Lipinski definition) is 3. The van der Waals surface area contributed by atoms with Gasteiger partial charge in [-0.05, 0) is 73.6 Å². The first-order valence-electron chi connectivity index (χ1n) is 12.4. The number of aryl methyl sites for hydroxylation is 3. The highest BCUT2D eigenvalue weighted by Gasteiger charge is 2.21. The summed E-state index contributed by atoms with van der Waals surface area (Å²) in [6, 6.07) is 13.0. The lowest BCUT2D eigenvalue weighted by molar-refractivity contribution is -0.136. The average Bonchev–Trinajstić information content (AvgIpc) is 2.83. The molecule has 0 aromatic heterocycles. The number of rotatable bonds is 11. The lowest BCUT2D eigenvalue weighted by Gasteiger charge is -2.23. The molecule has 0 aliphatic heterocycles. The fraction of sp³-hybridized carbons (Fsp3) is 0.333. The van der Waals surface area contributed by atoms with Gasteiger partial charge in [0.1, 0.15) is 12.4 Å². The van der Waals surface area contributed by atoms with Crippen molar-refractivity contribution in [3.8, 4) is 5.75 Å². The van der Waals surface area contributed by atoms with E-state index in [1.54, 1.807) is 18.2 Å². The van der Waals surface area contributed by atoms with Gasteiger partial charge in [-0.25, -0.2) is 8.78 Å². The number of nitrogens with one attached hydrogen (secondary N) is 1. The number of carbonyl (C=O) groups excluding carboxylic acids is 1. The van der Waals surface area contributed by atoms with Crippen LogP contribution < -0.4 is 10.1 Å². The van der Waals surface area contributed by atoms with E-state index in [1.165, 1.54) is 6.07 Å². The molecule has 1 amide bonds. The van der Waals surface area contributed by atoms with Crippen LogP contribution in [0.1, 0.15) is 70.9 Å². The summed E-state index contributed by atoms with van der Waals surface area (Å²) in [4.78, 5) is 24.8. The average molecular weight is 544 g/mol. The molecule has 5 nitrogen and oxygen atoms in total. The van der Waals surface area contributed by atoms with Crippen LogP contribution in [0.15, 0.2) is 48.5 Å². The quantitative estimate of drug-likeness (QED) is 0.248. The summed E-state index contributed by atoms with van der Waals surface area (Å²) in [6.45, 7) is 8.08. The summed E-state index contributed by atoms with van der Waals surface area (Å²) in [6.07, 6.45) is 0.738. The molecule has 0 radical (unpaired) electrons. The summed E-state index contributed by atoms with van der Waals surface area (Å²) in [5, 5.41) is 12.0. The molecule has 0 bridgehead atoms. The first-order valence-corrected chi connectivity index (χ1v) is 12.8. The highest BCUT2D eigenvalue weighted by atomic mass is 35.5. The van der Waals surface area contributed by atoms with Gasteiger partial charge in [-0.15, -0.1) is 0 Å². The number of amides is 1. The van der Waals surface area contributed by atoms with E-state index in [-0.39, 0.29) is 36.4 Å². The SMILES string of the molecule is Cc1cc(C)cc(C(CC(C)C)NC(=O)c2cc(OCc3cc(F)c(F)c(Cl)c3)ccc2CCC(=O)O)c1. The summed E-state index contributed by atoms with van der Waals surface area (Å²) < 4.78 is 33.0. The van der Waals surface area contributed by atoms with Crippen LogP contribution in [-0.4, -0.2) is 17.0 Å². The Morgan fingerprint density at radius 1 is 1.03 bits per heavy atom. The Balaban J connectivity index is 1.90. The maximum atomic E-state index is 13.7. The molecule has 202 valence electrons. The third-order valence-corrected chi connectivity index (χ3v) is 6.32. The molecule has 1 unspecified atom stereocenters. The molecule has 0 aliphatic rings. The maximum Gasteiger partial charge on any atom is 0.303 e. The van der Waals surface area contributed by atoms with Gasteiger partial charge in [0.15, 0.2) is 11.6 Å². The van der Waals surface area contributed by atoms with Crippen molar-refractivity contribution >= 4 is 23.5 Å². The highest BCUT2D eigenvalue weighted by molar-refractivity contribution is 6.30. The second-order valence-corrected chi connectivity index (χ2v) is 10.4. The summed E-state index contributed by atoms with van der Waals surface area (Å²) in [7, 11) is 0. The second kappa shape index (κ2) is 12.9. The van der Waals surface area contributed by atoms with Crippen molar-refractivity contribution in [3.63, 3.8) is 0 Å². The summed E-state index contributed by atoms with van der Waals surface area (Å²) >= 11 is 5.73. The van der Waals surface area contributed by atoms with Gasteiger partial charge in [0.25, 0.3) is 5.91 Å². The van der Waals surface area contributed by atoms with Gasteiger partial charge in [-0.2, -0.15) is 0 Å². The van der Waals surface area contributed by atoms with E-state index in [9.17, 15) is 23.5 Å². The Morgan fingerprint density at radius 2 is 1.71 bits per heavy atom. The summed E-state index contributed by atoms with van der Waals surface area (Å²) in [5.74, 6) is -2.90.